The molecular weight excluding hydrogens is 1130 g/mol. The maximum absolute atomic E-state index is 11.5. The fraction of sp³-hybridized carbons (Fsp3) is 0. The molecule has 0 saturated carbocycles. The van der Waals surface area contributed by atoms with Crippen molar-refractivity contribution in [1.29, 1.82) is 26.3 Å². The van der Waals surface area contributed by atoms with Crippen LogP contribution in [-0.2, 0) is 0 Å². The smallest absolute Gasteiger partial charge is 0.189 e. The van der Waals surface area contributed by atoms with Crippen LogP contribution >= 0.6 is 0 Å². The first kappa shape index (κ1) is 55.5. The molecule has 3 aromatic heterocycles. The molecule has 0 aliphatic heterocycles. The van der Waals surface area contributed by atoms with E-state index in [2.05, 4.69) is 77.1 Å². The van der Waals surface area contributed by atoms with E-state index in [4.69, 9.17) is 31.3 Å². The van der Waals surface area contributed by atoms with E-state index in [1.807, 2.05) is 140 Å². The molecule has 0 amide bonds. The molecule has 3 heterocycles. The Balaban J connectivity index is 1.14. The molecular formula is C80H38N12. The van der Waals surface area contributed by atoms with Gasteiger partial charge < -0.3 is 9.13 Å². The predicted octanol–water partition coefficient (Wildman–Crippen LogP) is 20.5. The molecule has 0 aliphatic carbocycles. The van der Waals surface area contributed by atoms with Crippen molar-refractivity contribution in [2.45, 2.75) is 0 Å². The highest BCUT2D eigenvalue weighted by molar-refractivity contribution is 6.15. The Kier molecular flexibility index (Phi) is 13.7. The van der Waals surface area contributed by atoms with Crippen LogP contribution in [0.25, 0.3) is 153 Å². The van der Waals surface area contributed by atoms with Crippen molar-refractivity contribution in [3.8, 4) is 120 Å². The van der Waals surface area contributed by atoms with Crippen LogP contribution in [0.15, 0.2) is 231 Å². The lowest BCUT2D eigenvalue weighted by molar-refractivity contribution is 1.13. The second-order valence-electron chi connectivity index (χ2n) is 21.9. The largest absolute Gasteiger partial charge is 0.308 e. The zero-order valence-electron chi connectivity index (χ0n) is 48.3. The maximum atomic E-state index is 11.5. The molecule has 0 N–H and O–H groups in total. The number of hydrogen-bond acceptors (Lipinski definition) is 6. The predicted molar refractivity (Wildman–Crippen MR) is 360 cm³/mol. The Morgan fingerprint density at radius 2 is 0.576 bits per heavy atom. The highest BCUT2D eigenvalue weighted by Crippen LogP contribution is 2.47. The number of fused-ring (bicyclic) bond motifs is 6. The molecule has 92 heavy (non-hydrogen) atoms. The van der Waals surface area contributed by atoms with E-state index in [0.29, 0.717) is 101 Å². The van der Waals surface area contributed by atoms with Crippen LogP contribution in [0.2, 0.25) is 0 Å². The number of nitriles is 5. The first-order valence-electron chi connectivity index (χ1n) is 28.7. The number of aromatic nitrogens is 3. The molecule has 418 valence electrons. The normalized spacial score (nSPS) is 10.7. The fourth-order valence-electron chi connectivity index (χ4n) is 12.4. The molecule has 11 aromatic carbocycles. The van der Waals surface area contributed by atoms with Gasteiger partial charge in [-0.15, -0.1) is 0 Å². The zero-order valence-corrected chi connectivity index (χ0v) is 48.3. The topological polar surface area (TPSA) is 159 Å². The van der Waals surface area contributed by atoms with Crippen molar-refractivity contribution in [2.24, 2.45) is 0 Å². The van der Waals surface area contributed by atoms with Crippen molar-refractivity contribution >= 4 is 66.4 Å². The van der Waals surface area contributed by atoms with Crippen LogP contribution in [0.1, 0.15) is 27.8 Å². The Hall–Kier alpha value is -14.4. The highest BCUT2D eigenvalue weighted by Gasteiger charge is 2.26. The van der Waals surface area contributed by atoms with E-state index < -0.39 is 0 Å². The summed E-state index contributed by atoms with van der Waals surface area (Å²) in [5.41, 5.74) is 17.3. The first-order chi connectivity index (χ1) is 45.1. The van der Waals surface area contributed by atoms with Crippen molar-refractivity contribution in [2.75, 3.05) is 0 Å². The van der Waals surface area contributed by atoms with Gasteiger partial charge in [0.05, 0.1) is 118 Å². The van der Waals surface area contributed by atoms with Gasteiger partial charge in [-0.25, -0.2) is 24.4 Å². The lowest BCUT2D eigenvalue weighted by Gasteiger charge is -2.22. The number of pyridine rings is 1. The van der Waals surface area contributed by atoms with Crippen LogP contribution < -0.4 is 0 Å². The Morgan fingerprint density at radius 1 is 0.272 bits per heavy atom. The fourth-order valence-corrected chi connectivity index (χ4v) is 12.4. The average molecular weight is 1170 g/mol. The SMILES string of the molecule is [C-]#[N+]c1cc(C#N)cc(-c2ccc3c(c2)c2cc(-c4cc(C#N)cc(C#N)c4)ccc2n3-c2cc(C#N)cc(-n3c4ccc(-c5cc(C#N)cc([N+]#[C-])c5)cc4c4cc(-c5cc([N+]#[C-])cc([N+]#[C-])c5)ccc43)c2-c2cc(-c3ccccc3)nc(-c3ccccc3)c2)c1. The number of hydrogen-bond donors (Lipinski definition) is 0. The van der Waals surface area contributed by atoms with Gasteiger partial charge in [-0.3, -0.25) is 0 Å². The van der Waals surface area contributed by atoms with E-state index in [1.165, 1.54) is 0 Å². The summed E-state index contributed by atoms with van der Waals surface area (Å²) in [6.45, 7) is 31.8. The van der Waals surface area contributed by atoms with Gasteiger partial charge in [-0.2, -0.15) is 26.3 Å². The molecule has 12 heteroatoms. The van der Waals surface area contributed by atoms with Crippen LogP contribution in [0.5, 0.6) is 0 Å². The second kappa shape index (κ2) is 22.8. The van der Waals surface area contributed by atoms with Gasteiger partial charge in [0.15, 0.2) is 22.7 Å². The minimum atomic E-state index is 0.311. The minimum Gasteiger partial charge on any atom is -0.308 e. The third kappa shape index (κ3) is 9.76. The molecule has 12 nitrogen and oxygen atoms in total. The summed E-state index contributed by atoms with van der Waals surface area (Å²) in [4.78, 5) is 20.2. The zero-order chi connectivity index (χ0) is 63.1. The van der Waals surface area contributed by atoms with Crippen molar-refractivity contribution < 1.29 is 0 Å². The lowest BCUT2D eigenvalue weighted by Crippen LogP contribution is -2.06. The Morgan fingerprint density at radius 3 is 0.913 bits per heavy atom. The van der Waals surface area contributed by atoms with Crippen molar-refractivity contribution in [3.63, 3.8) is 0 Å². The van der Waals surface area contributed by atoms with Gasteiger partial charge in [0.25, 0.3) is 0 Å². The Bertz CT molecular complexity index is 5200. The summed E-state index contributed by atoms with van der Waals surface area (Å²) in [7, 11) is 0. The van der Waals surface area contributed by atoms with Gasteiger partial charge in [0, 0.05) is 49.4 Å². The van der Waals surface area contributed by atoms with Crippen LogP contribution in [0.4, 0.5) is 22.7 Å². The van der Waals surface area contributed by atoms with E-state index in [-0.39, 0.29) is 0 Å². The molecule has 14 rings (SSSR count). The van der Waals surface area contributed by atoms with Crippen LogP contribution in [0.3, 0.4) is 0 Å². The van der Waals surface area contributed by atoms with E-state index in [1.54, 1.807) is 72.8 Å². The van der Waals surface area contributed by atoms with Crippen LogP contribution in [-0.4, -0.2) is 14.1 Å². The molecule has 0 bridgehead atoms. The molecule has 0 radical (unpaired) electrons. The molecule has 0 fully saturated rings. The molecule has 0 aliphatic rings. The van der Waals surface area contributed by atoms with Gasteiger partial charge in [0.1, 0.15) is 0 Å². The maximum Gasteiger partial charge on any atom is 0.189 e. The number of benzene rings is 11. The van der Waals surface area contributed by atoms with Gasteiger partial charge in [-0.1, -0.05) is 103 Å². The van der Waals surface area contributed by atoms with Crippen molar-refractivity contribution in [3.05, 3.63) is 304 Å². The lowest BCUT2D eigenvalue weighted by atomic mass is 9.95. The van der Waals surface area contributed by atoms with E-state index >= 15 is 0 Å². The van der Waals surface area contributed by atoms with E-state index in [9.17, 15) is 26.3 Å². The standard InChI is InChI=1S/C80H38N12/c1-86-64-28-50(45-83)26-60(32-64)56-16-20-75-69(37-56)68-36-55(59-24-48(43-81)23-49(25-59)44-82)15-19-74(68)91(75)78-30-52(47-85)31-79(80(78)63-40-72(53-11-7-5-8-12-53)90-73(41-63)54-13-9-6-10-14-54)92-76-21-17-57(61-27-51(46-84)29-65(33-61)87-2)38-70(76)71-39-58(18-22-77(71)92)62-34-66(88-3)42-67(35-62)89-4/h5-42H. The molecule has 0 spiro atoms. The summed E-state index contributed by atoms with van der Waals surface area (Å²) < 4.78 is 4.32. The number of nitrogens with zero attached hydrogens (tertiary/aromatic N) is 12. The second-order valence-corrected chi connectivity index (χ2v) is 21.9. The first-order valence-corrected chi connectivity index (χ1v) is 28.7. The molecule has 0 saturated heterocycles. The van der Waals surface area contributed by atoms with E-state index in [0.717, 1.165) is 82.6 Å². The third-order valence-electron chi connectivity index (χ3n) is 16.5. The summed E-state index contributed by atoms with van der Waals surface area (Å²) in [5.74, 6) is 0. The molecule has 14 aromatic rings. The summed E-state index contributed by atoms with van der Waals surface area (Å²) in [5, 5.41) is 55.2. The molecule has 0 unspecified atom stereocenters. The third-order valence-corrected chi connectivity index (χ3v) is 16.5. The average Bonchev–Trinajstić information content (AvgIpc) is 1.65. The summed E-state index contributed by atoms with van der Waals surface area (Å²) >= 11 is 0. The Labute approximate surface area is 527 Å². The van der Waals surface area contributed by atoms with Gasteiger partial charge >= 0.3 is 0 Å². The minimum absolute atomic E-state index is 0.311. The summed E-state index contributed by atoms with van der Waals surface area (Å²) in [6, 6.07) is 83.7. The highest BCUT2D eigenvalue weighted by atomic mass is 15.0. The van der Waals surface area contributed by atoms with Crippen LogP contribution in [0, 0.1) is 82.9 Å². The van der Waals surface area contributed by atoms with Gasteiger partial charge in [-0.05, 0) is 177 Å². The van der Waals surface area contributed by atoms with Crippen molar-refractivity contribution in [1.82, 2.24) is 14.1 Å². The molecule has 0 atom stereocenters. The summed E-state index contributed by atoms with van der Waals surface area (Å²) in [6.07, 6.45) is 0. The quantitative estimate of drug-likeness (QED) is 0.131. The monoisotopic (exact) mass is 1170 g/mol. The number of rotatable bonds is 9. The van der Waals surface area contributed by atoms with Gasteiger partial charge in [0.2, 0.25) is 0 Å².